The highest BCUT2D eigenvalue weighted by atomic mass is 32.2. The third-order valence-electron chi connectivity index (χ3n) is 4.82. The molecule has 1 fully saturated rings. The van der Waals surface area contributed by atoms with Crippen molar-refractivity contribution in [2.45, 2.75) is 18.4 Å². The third-order valence-corrected chi connectivity index (χ3v) is 7.10. The van der Waals surface area contributed by atoms with Crippen LogP contribution in [0.2, 0.25) is 0 Å². The minimum Gasteiger partial charge on any atom is -0.345 e. The molecule has 2 heterocycles. The van der Waals surface area contributed by atoms with Crippen LogP contribution in [0, 0.1) is 4.77 Å². The SMILES string of the molecule is CC(=O)N1CCN(S(=O)(=O)c2ccc(C(=O)NCc3n[nH]c(=S)n3C)cc2)CC1. The van der Waals surface area contributed by atoms with Gasteiger partial charge >= 0.3 is 0 Å². The lowest BCUT2D eigenvalue weighted by Crippen LogP contribution is -2.49. The number of nitrogens with zero attached hydrogens (tertiary/aromatic N) is 4. The summed E-state index contributed by atoms with van der Waals surface area (Å²) >= 11 is 5.02. The van der Waals surface area contributed by atoms with E-state index in [1.54, 1.807) is 16.5 Å². The Morgan fingerprint density at radius 3 is 2.31 bits per heavy atom. The van der Waals surface area contributed by atoms with Crippen LogP contribution in [0.4, 0.5) is 0 Å². The van der Waals surface area contributed by atoms with Crippen molar-refractivity contribution in [3.63, 3.8) is 0 Å². The molecule has 12 heteroatoms. The van der Waals surface area contributed by atoms with Gasteiger partial charge in [-0.15, -0.1) is 0 Å². The second-order valence-electron chi connectivity index (χ2n) is 6.62. The minimum atomic E-state index is -3.68. The first-order valence-corrected chi connectivity index (χ1v) is 10.8. The number of sulfonamides is 1. The van der Waals surface area contributed by atoms with Gasteiger partial charge in [0.1, 0.15) is 0 Å². The molecule has 29 heavy (non-hydrogen) atoms. The molecule has 0 aliphatic carbocycles. The number of H-pyrrole nitrogens is 1. The molecule has 1 saturated heterocycles. The number of piperazine rings is 1. The van der Waals surface area contributed by atoms with Crippen molar-refractivity contribution in [3.05, 3.63) is 40.4 Å². The van der Waals surface area contributed by atoms with E-state index in [4.69, 9.17) is 12.2 Å². The van der Waals surface area contributed by atoms with Gasteiger partial charge in [0, 0.05) is 45.7 Å². The fourth-order valence-corrected chi connectivity index (χ4v) is 4.54. The molecule has 1 aromatic heterocycles. The number of hydrogen-bond donors (Lipinski definition) is 2. The molecule has 0 unspecified atom stereocenters. The van der Waals surface area contributed by atoms with Crippen LogP contribution in [0.1, 0.15) is 23.1 Å². The Morgan fingerprint density at radius 1 is 1.17 bits per heavy atom. The number of aromatic amines is 1. The van der Waals surface area contributed by atoms with Crippen molar-refractivity contribution >= 4 is 34.1 Å². The van der Waals surface area contributed by atoms with E-state index in [0.717, 1.165) is 0 Å². The zero-order valence-corrected chi connectivity index (χ0v) is 17.7. The van der Waals surface area contributed by atoms with Gasteiger partial charge in [-0.2, -0.15) is 9.40 Å². The minimum absolute atomic E-state index is 0.0650. The Hall–Kier alpha value is -2.57. The maximum absolute atomic E-state index is 12.8. The molecule has 1 aliphatic rings. The molecule has 10 nitrogen and oxygen atoms in total. The van der Waals surface area contributed by atoms with E-state index in [1.807, 2.05) is 0 Å². The zero-order chi connectivity index (χ0) is 21.2. The second kappa shape index (κ2) is 8.43. The van der Waals surface area contributed by atoms with Gasteiger partial charge in [-0.3, -0.25) is 14.7 Å². The molecule has 1 aliphatic heterocycles. The van der Waals surface area contributed by atoms with Crippen LogP contribution in [-0.2, 0) is 28.4 Å². The first-order valence-electron chi connectivity index (χ1n) is 8.94. The van der Waals surface area contributed by atoms with E-state index >= 15 is 0 Å². The van der Waals surface area contributed by atoms with Crippen LogP contribution in [0.5, 0.6) is 0 Å². The highest BCUT2D eigenvalue weighted by molar-refractivity contribution is 7.89. The Labute approximate surface area is 173 Å². The fraction of sp³-hybridized carbons (Fsp3) is 0.412. The quantitative estimate of drug-likeness (QED) is 0.646. The largest absolute Gasteiger partial charge is 0.345 e. The van der Waals surface area contributed by atoms with E-state index in [0.29, 0.717) is 29.2 Å². The molecule has 2 aromatic rings. The number of rotatable bonds is 5. The average molecular weight is 439 g/mol. The monoisotopic (exact) mass is 438 g/mol. The smallest absolute Gasteiger partial charge is 0.251 e. The molecule has 0 saturated carbocycles. The number of amides is 2. The molecule has 2 amide bonds. The third kappa shape index (κ3) is 4.54. The van der Waals surface area contributed by atoms with Gasteiger partial charge in [-0.25, -0.2) is 8.42 Å². The number of nitrogens with one attached hydrogen (secondary N) is 2. The number of aromatic nitrogens is 3. The summed E-state index contributed by atoms with van der Waals surface area (Å²) in [5.41, 5.74) is 0.335. The van der Waals surface area contributed by atoms with Crippen LogP contribution in [0.25, 0.3) is 0 Å². The Morgan fingerprint density at radius 2 is 1.79 bits per heavy atom. The summed E-state index contributed by atoms with van der Waals surface area (Å²) in [6.07, 6.45) is 0. The molecule has 156 valence electrons. The molecule has 3 rings (SSSR count). The lowest BCUT2D eigenvalue weighted by Gasteiger charge is -2.33. The summed E-state index contributed by atoms with van der Waals surface area (Å²) in [5.74, 6) is 0.162. The molecule has 0 atom stereocenters. The Balaban J connectivity index is 1.64. The molecule has 1 aromatic carbocycles. The Bertz CT molecular complexity index is 1070. The summed E-state index contributed by atoms with van der Waals surface area (Å²) in [6.45, 7) is 2.88. The first kappa shape index (κ1) is 21.1. The van der Waals surface area contributed by atoms with Crippen LogP contribution in [0.15, 0.2) is 29.2 Å². The standard InChI is InChI=1S/C17H22N6O4S2/c1-12(24)22-7-9-23(10-8-22)29(26,27)14-5-3-13(4-6-14)16(25)18-11-15-19-20-17(28)21(15)2/h3-6H,7-11H2,1-2H3,(H,18,25)(H,20,28). The summed E-state index contributed by atoms with van der Waals surface area (Å²) in [4.78, 5) is 25.4. The number of carbonyl (C=O) groups is 2. The van der Waals surface area contributed by atoms with Crippen LogP contribution in [-0.4, -0.2) is 70.4 Å². The summed E-state index contributed by atoms with van der Waals surface area (Å²) in [7, 11) is -1.94. The maximum atomic E-state index is 12.8. The number of carbonyl (C=O) groups excluding carboxylic acids is 2. The number of benzene rings is 1. The summed E-state index contributed by atoms with van der Waals surface area (Å²) in [6, 6.07) is 5.77. The van der Waals surface area contributed by atoms with Gasteiger partial charge in [0.05, 0.1) is 11.4 Å². The molecule has 0 spiro atoms. The fourth-order valence-electron chi connectivity index (χ4n) is 2.97. The molecule has 0 radical (unpaired) electrons. The van der Waals surface area contributed by atoms with E-state index in [-0.39, 0.29) is 36.3 Å². The van der Waals surface area contributed by atoms with Gasteiger partial charge in [0.25, 0.3) is 5.91 Å². The predicted molar refractivity (Wildman–Crippen MR) is 107 cm³/mol. The zero-order valence-electron chi connectivity index (χ0n) is 16.1. The first-order chi connectivity index (χ1) is 13.7. The van der Waals surface area contributed by atoms with Crippen molar-refractivity contribution in [2.24, 2.45) is 7.05 Å². The highest BCUT2D eigenvalue weighted by Gasteiger charge is 2.29. The molecular formula is C17H22N6O4S2. The van der Waals surface area contributed by atoms with Gasteiger partial charge in [0.2, 0.25) is 15.9 Å². The van der Waals surface area contributed by atoms with Gasteiger partial charge < -0.3 is 14.8 Å². The van der Waals surface area contributed by atoms with E-state index in [9.17, 15) is 18.0 Å². The van der Waals surface area contributed by atoms with Crippen LogP contribution < -0.4 is 5.32 Å². The normalized spacial score (nSPS) is 15.3. The van der Waals surface area contributed by atoms with Gasteiger partial charge in [0.15, 0.2) is 10.6 Å². The predicted octanol–water partition coefficient (Wildman–Crippen LogP) is 0.260. The lowest BCUT2D eigenvalue weighted by molar-refractivity contribution is -0.129. The Kier molecular flexibility index (Phi) is 6.15. The van der Waals surface area contributed by atoms with Crippen molar-refractivity contribution in [1.29, 1.82) is 0 Å². The summed E-state index contributed by atoms with van der Waals surface area (Å²) in [5, 5.41) is 9.37. The number of hydrogen-bond acceptors (Lipinski definition) is 6. The molecular weight excluding hydrogens is 416 g/mol. The van der Waals surface area contributed by atoms with E-state index in [1.165, 1.54) is 35.5 Å². The van der Waals surface area contributed by atoms with Crippen LogP contribution >= 0.6 is 12.2 Å². The van der Waals surface area contributed by atoms with Gasteiger partial charge in [-0.05, 0) is 36.5 Å². The van der Waals surface area contributed by atoms with Crippen molar-refractivity contribution < 1.29 is 18.0 Å². The van der Waals surface area contributed by atoms with Crippen LogP contribution in [0.3, 0.4) is 0 Å². The van der Waals surface area contributed by atoms with Gasteiger partial charge in [-0.1, -0.05) is 0 Å². The second-order valence-corrected chi connectivity index (χ2v) is 8.95. The lowest BCUT2D eigenvalue weighted by atomic mass is 10.2. The molecule has 0 bridgehead atoms. The van der Waals surface area contributed by atoms with E-state index in [2.05, 4.69) is 15.5 Å². The maximum Gasteiger partial charge on any atom is 0.251 e. The topological polar surface area (TPSA) is 120 Å². The van der Waals surface area contributed by atoms with Crippen molar-refractivity contribution in [2.75, 3.05) is 26.2 Å². The van der Waals surface area contributed by atoms with Crippen molar-refractivity contribution in [1.82, 2.24) is 29.3 Å². The summed E-state index contributed by atoms with van der Waals surface area (Å²) < 4.78 is 29.0. The average Bonchev–Trinajstić information content (AvgIpc) is 3.04. The van der Waals surface area contributed by atoms with E-state index < -0.39 is 10.0 Å². The highest BCUT2D eigenvalue weighted by Crippen LogP contribution is 2.18. The molecule has 2 N–H and O–H groups in total. The van der Waals surface area contributed by atoms with Crippen molar-refractivity contribution in [3.8, 4) is 0 Å².